The van der Waals surface area contributed by atoms with E-state index in [1.54, 1.807) is 0 Å². The van der Waals surface area contributed by atoms with Crippen molar-refractivity contribution in [1.29, 1.82) is 0 Å². The molecule has 1 saturated heterocycles. The number of nitrogens with one attached hydrogen (secondary N) is 2. The topological polar surface area (TPSA) is 67.4 Å². The fraction of sp³-hybridized carbons (Fsp3) is 0.455. The normalized spacial score (nSPS) is 20.1. The molecule has 9 heteroatoms. The molecule has 2 rings (SSSR count). The fourth-order valence-corrected chi connectivity index (χ4v) is 2.88. The minimum atomic E-state index is -4.27. The summed E-state index contributed by atoms with van der Waals surface area (Å²) in [6.07, 6.45) is -0.396. The van der Waals surface area contributed by atoms with Crippen molar-refractivity contribution in [3.63, 3.8) is 0 Å². The van der Waals surface area contributed by atoms with Crippen molar-refractivity contribution in [3.05, 3.63) is 29.6 Å². The van der Waals surface area contributed by atoms with Gasteiger partial charge in [0.25, 0.3) is 0 Å². The van der Waals surface area contributed by atoms with Gasteiger partial charge in [0.2, 0.25) is 10.0 Å². The lowest BCUT2D eigenvalue weighted by atomic mass is 10.3. The van der Waals surface area contributed by atoms with E-state index in [1.807, 2.05) is 0 Å². The van der Waals surface area contributed by atoms with Crippen LogP contribution in [0.15, 0.2) is 17.0 Å². The zero-order valence-electron chi connectivity index (χ0n) is 10.3. The van der Waals surface area contributed by atoms with E-state index in [0.29, 0.717) is 31.8 Å². The van der Waals surface area contributed by atoms with Crippen molar-refractivity contribution >= 4 is 10.0 Å². The van der Waals surface area contributed by atoms with Gasteiger partial charge >= 0.3 is 0 Å². The van der Waals surface area contributed by atoms with Crippen molar-refractivity contribution in [3.8, 4) is 0 Å². The van der Waals surface area contributed by atoms with Crippen LogP contribution in [0.25, 0.3) is 0 Å². The van der Waals surface area contributed by atoms with Crippen LogP contribution in [0.1, 0.15) is 0 Å². The minimum absolute atomic E-state index is 0.0895. The lowest BCUT2D eigenvalue weighted by Gasteiger charge is -2.23. The third kappa shape index (κ3) is 3.29. The van der Waals surface area contributed by atoms with E-state index in [0.717, 1.165) is 0 Å². The number of rotatable bonds is 4. The molecule has 0 aliphatic carbocycles. The monoisotopic (exact) mass is 310 g/mol. The smallest absolute Gasteiger partial charge is 0.243 e. The summed E-state index contributed by atoms with van der Waals surface area (Å²) < 4.78 is 70.3. The largest absolute Gasteiger partial charge is 0.374 e. The molecule has 1 unspecified atom stereocenters. The molecule has 2 N–H and O–H groups in total. The first kappa shape index (κ1) is 15.2. The summed E-state index contributed by atoms with van der Waals surface area (Å²) in [5.41, 5.74) is 0. The molecule has 5 nitrogen and oxygen atoms in total. The number of hydrogen-bond acceptors (Lipinski definition) is 4. The van der Waals surface area contributed by atoms with Crippen molar-refractivity contribution in [2.24, 2.45) is 0 Å². The van der Waals surface area contributed by atoms with Crippen LogP contribution in [0.5, 0.6) is 0 Å². The third-order valence-electron chi connectivity index (χ3n) is 2.79. The van der Waals surface area contributed by atoms with E-state index in [9.17, 15) is 21.6 Å². The predicted molar refractivity (Wildman–Crippen MR) is 64.1 cm³/mol. The highest BCUT2D eigenvalue weighted by molar-refractivity contribution is 7.89. The first-order valence-electron chi connectivity index (χ1n) is 5.87. The van der Waals surface area contributed by atoms with Gasteiger partial charge in [0.15, 0.2) is 17.5 Å². The second-order valence-electron chi connectivity index (χ2n) is 4.22. The van der Waals surface area contributed by atoms with Gasteiger partial charge in [0, 0.05) is 19.6 Å². The molecule has 1 aromatic rings. The van der Waals surface area contributed by atoms with Gasteiger partial charge in [-0.3, -0.25) is 0 Å². The van der Waals surface area contributed by atoms with Gasteiger partial charge in [-0.2, -0.15) is 0 Å². The van der Waals surface area contributed by atoms with Crippen LogP contribution >= 0.6 is 0 Å². The molecule has 0 aromatic heterocycles. The molecule has 0 amide bonds. The highest BCUT2D eigenvalue weighted by Crippen LogP contribution is 2.19. The maximum Gasteiger partial charge on any atom is 0.243 e. The van der Waals surface area contributed by atoms with Crippen molar-refractivity contribution in [2.45, 2.75) is 11.0 Å². The van der Waals surface area contributed by atoms with Gasteiger partial charge in [0.1, 0.15) is 4.90 Å². The van der Waals surface area contributed by atoms with Crippen LogP contribution in [0, 0.1) is 17.5 Å². The predicted octanol–water partition coefficient (Wildman–Crippen LogP) is 0.371. The zero-order chi connectivity index (χ0) is 14.8. The second-order valence-corrected chi connectivity index (χ2v) is 5.96. The molecule has 1 heterocycles. The molecule has 0 spiro atoms. The molecule has 0 saturated carbocycles. The fourth-order valence-electron chi connectivity index (χ4n) is 1.75. The minimum Gasteiger partial charge on any atom is -0.374 e. The molecule has 1 atom stereocenters. The Hall–Kier alpha value is -1.16. The second kappa shape index (κ2) is 6.08. The lowest BCUT2D eigenvalue weighted by Crippen LogP contribution is -2.45. The van der Waals surface area contributed by atoms with Crippen molar-refractivity contribution < 1.29 is 26.3 Å². The standard InChI is InChI=1S/C11H13F3N2O3S/c12-8-1-2-9(11(14)10(8)13)20(17,18)16-6-7-5-15-3-4-19-7/h1-2,7,15-16H,3-6H2. The van der Waals surface area contributed by atoms with Gasteiger partial charge in [-0.05, 0) is 12.1 Å². The van der Waals surface area contributed by atoms with E-state index < -0.39 is 38.5 Å². The van der Waals surface area contributed by atoms with Gasteiger partial charge in [-0.15, -0.1) is 0 Å². The molecular weight excluding hydrogens is 297 g/mol. The van der Waals surface area contributed by atoms with E-state index in [2.05, 4.69) is 10.0 Å². The van der Waals surface area contributed by atoms with Crippen LogP contribution in [-0.2, 0) is 14.8 Å². The first-order chi connectivity index (χ1) is 9.42. The number of hydrogen-bond donors (Lipinski definition) is 2. The molecular formula is C11H13F3N2O3S. The molecule has 1 fully saturated rings. The summed E-state index contributed by atoms with van der Waals surface area (Å²) in [5.74, 6) is -5.00. The van der Waals surface area contributed by atoms with E-state index in [4.69, 9.17) is 4.74 Å². The zero-order valence-corrected chi connectivity index (χ0v) is 11.1. The number of halogens is 3. The van der Waals surface area contributed by atoms with Crippen molar-refractivity contribution in [2.75, 3.05) is 26.2 Å². The molecule has 112 valence electrons. The quantitative estimate of drug-likeness (QED) is 0.789. The molecule has 20 heavy (non-hydrogen) atoms. The lowest BCUT2D eigenvalue weighted by molar-refractivity contribution is 0.0324. The maximum atomic E-state index is 13.4. The Bertz CT molecular complexity index is 589. The molecule has 0 bridgehead atoms. The summed E-state index contributed by atoms with van der Waals surface area (Å²) >= 11 is 0. The SMILES string of the molecule is O=S(=O)(NCC1CNCCO1)c1ccc(F)c(F)c1F. The highest BCUT2D eigenvalue weighted by atomic mass is 32.2. The molecule has 1 aromatic carbocycles. The Labute approximate surface area is 114 Å². The van der Waals surface area contributed by atoms with Crippen molar-refractivity contribution in [1.82, 2.24) is 10.0 Å². The van der Waals surface area contributed by atoms with Gasteiger partial charge in [-0.1, -0.05) is 0 Å². The van der Waals surface area contributed by atoms with Crippen LogP contribution in [0.3, 0.4) is 0 Å². The van der Waals surface area contributed by atoms with E-state index in [-0.39, 0.29) is 6.54 Å². The summed E-state index contributed by atoms with van der Waals surface area (Å²) in [6.45, 7) is 1.46. The average molecular weight is 310 g/mol. The average Bonchev–Trinajstić information content (AvgIpc) is 2.44. The van der Waals surface area contributed by atoms with E-state index in [1.165, 1.54) is 0 Å². The molecule has 1 aliphatic rings. The Balaban J connectivity index is 2.12. The molecule has 0 radical (unpaired) electrons. The van der Waals surface area contributed by atoms with Crippen LogP contribution in [0.4, 0.5) is 13.2 Å². The van der Waals surface area contributed by atoms with E-state index >= 15 is 0 Å². The highest BCUT2D eigenvalue weighted by Gasteiger charge is 2.25. The first-order valence-corrected chi connectivity index (χ1v) is 7.35. The van der Waals surface area contributed by atoms with Gasteiger partial charge < -0.3 is 10.1 Å². The molecule has 1 aliphatic heterocycles. The van der Waals surface area contributed by atoms with Crippen LogP contribution < -0.4 is 10.0 Å². The van der Waals surface area contributed by atoms with Gasteiger partial charge in [0.05, 0.1) is 12.7 Å². The van der Waals surface area contributed by atoms with Gasteiger partial charge in [-0.25, -0.2) is 26.3 Å². The number of morpholine rings is 1. The Morgan fingerprint density at radius 3 is 2.70 bits per heavy atom. The summed E-state index contributed by atoms with van der Waals surface area (Å²) in [5, 5.41) is 3.00. The Kier molecular flexibility index (Phi) is 4.63. The number of sulfonamides is 1. The maximum absolute atomic E-state index is 13.4. The van der Waals surface area contributed by atoms with Crippen LogP contribution in [0.2, 0.25) is 0 Å². The Morgan fingerprint density at radius 1 is 1.30 bits per heavy atom. The number of ether oxygens (including phenoxy) is 1. The van der Waals surface area contributed by atoms with Crippen LogP contribution in [-0.4, -0.2) is 40.8 Å². The Morgan fingerprint density at radius 2 is 2.05 bits per heavy atom. The summed E-state index contributed by atoms with van der Waals surface area (Å²) in [7, 11) is -4.27. The third-order valence-corrected chi connectivity index (χ3v) is 4.24. The summed E-state index contributed by atoms with van der Waals surface area (Å²) in [4.78, 5) is -0.930. The summed E-state index contributed by atoms with van der Waals surface area (Å²) in [6, 6.07) is 1.24. The number of benzene rings is 1.